The Morgan fingerprint density at radius 2 is 2.00 bits per heavy atom. The number of carbonyl (C=O) groups is 2. The molecular weight excluding hydrogens is 380 g/mol. The van der Waals surface area contributed by atoms with Gasteiger partial charge in [-0.15, -0.1) is 0 Å². The third kappa shape index (κ3) is 5.90. The van der Waals surface area contributed by atoms with Gasteiger partial charge in [-0.05, 0) is 24.8 Å². The number of piperidine rings is 1. The number of likely N-dealkylation sites (tertiary alicyclic amines) is 1. The van der Waals surface area contributed by atoms with Gasteiger partial charge >= 0.3 is 0 Å². The van der Waals surface area contributed by atoms with Crippen LogP contribution in [0.5, 0.6) is 0 Å². The van der Waals surface area contributed by atoms with Crippen LogP contribution < -0.4 is 0 Å². The molecule has 0 N–H and O–H groups in total. The Labute approximate surface area is 178 Å². The first-order chi connectivity index (χ1) is 14.4. The lowest BCUT2D eigenvalue weighted by Crippen LogP contribution is -2.51. The van der Waals surface area contributed by atoms with E-state index in [0.29, 0.717) is 37.6 Å². The molecule has 3 rings (SSSR count). The summed E-state index contributed by atoms with van der Waals surface area (Å²) in [6, 6.07) is 10.1. The molecule has 1 aliphatic heterocycles. The van der Waals surface area contributed by atoms with Gasteiger partial charge in [-0.1, -0.05) is 49.3 Å². The maximum Gasteiger partial charge on any atom is 0.229 e. The fourth-order valence-corrected chi connectivity index (χ4v) is 3.91. The van der Waals surface area contributed by atoms with Crippen molar-refractivity contribution in [3.8, 4) is 0 Å². The van der Waals surface area contributed by atoms with Crippen LogP contribution in [0.2, 0.25) is 0 Å². The second-order valence-corrected chi connectivity index (χ2v) is 8.29. The Morgan fingerprint density at radius 3 is 2.67 bits per heavy atom. The summed E-state index contributed by atoms with van der Waals surface area (Å²) in [6.07, 6.45) is 3.61. The van der Waals surface area contributed by atoms with E-state index in [9.17, 15) is 9.59 Å². The minimum Gasteiger partial charge on any atom is -0.341 e. The van der Waals surface area contributed by atoms with Crippen LogP contribution >= 0.6 is 0 Å². The first-order valence-electron chi connectivity index (χ1n) is 10.9. The summed E-state index contributed by atoms with van der Waals surface area (Å²) in [5.41, 5.74) is 1.17. The van der Waals surface area contributed by atoms with Gasteiger partial charge in [-0.2, -0.15) is 4.98 Å². The normalized spacial score (nSPS) is 16.7. The highest BCUT2D eigenvalue weighted by Gasteiger charge is 2.29. The smallest absolute Gasteiger partial charge is 0.229 e. The van der Waals surface area contributed by atoms with Gasteiger partial charge in [0.1, 0.15) is 0 Å². The Bertz CT molecular complexity index is 834. The molecule has 1 atom stereocenters. The van der Waals surface area contributed by atoms with E-state index < -0.39 is 0 Å². The standard InChI is InChI=1S/C23H32N4O3/c1-17(2)23-24-21(25-30-23)13-15-27(18(3)28)20-10-7-14-26(16-20)22(29)12-11-19-8-5-4-6-9-19/h4-6,8-9,17,20H,7,10-16H2,1-3H3. The van der Waals surface area contributed by atoms with Gasteiger partial charge in [-0.25, -0.2) is 0 Å². The number of rotatable bonds is 8. The van der Waals surface area contributed by atoms with Gasteiger partial charge in [0.25, 0.3) is 0 Å². The lowest BCUT2D eigenvalue weighted by Gasteiger charge is -2.39. The molecule has 2 aromatic rings. The Kier molecular flexibility index (Phi) is 7.60. The molecule has 2 amide bonds. The summed E-state index contributed by atoms with van der Waals surface area (Å²) < 4.78 is 5.26. The van der Waals surface area contributed by atoms with Crippen LogP contribution in [-0.4, -0.2) is 57.4 Å². The summed E-state index contributed by atoms with van der Waals surface area (Å²) in [4.78, 5) is 33.2. The number of amides is 2. The third-order valence-corrected chi connectivity index (χ3v) is 5.62. The van der Waals surface area contributed by atoms with Crippen LogP contribution in [0.1, 0.15) is 63.2 Å². The van der Waals surface area contributed by atoms with Crippen molar-refractivity contribution in [2.24, 2.45) is 0 Å². The highest BCUT2D eigenvalue weighted by Crippen LogP contribution is 2.19. The predicted octanol–water partition coefficient (Wildman–Crippen LogP) is 3.21. The zero-order valence-corrected chi connectivity index (χ0v) is 18.2. The highest BCUT2D eigenvalue weighted by molar-refractivity contribution is 5.77. The summed E-state index contributed by atoms with van der Waals surface area (Å²) >= 11 is 0. The molecule has 0 radical (unpaired) electrons. The zero-order chi connectivity index (χ0) is 21.5. The number of nitrogens with zero attached hydrogens (tertiary/aromatic N) is 4. The van der Waals surface area contributed by atoms with Crippen LogP contribution in [0.25, 0.3) is 0 Å². The molecule has 0 bridgehead atoms. The van der Waals surface area contributed by atoms with Crippen LogP contribution in [-0.2, 0) is 22.4 Å². The number of aryl methyl sites for hydroxylation is 1. The van der Waals surface area contributed by atoms with Crippen molar-refractivity contribution < 1.29 is 14.1 Å². The van der Waals surface area contributed by atoms with E-state index in [2.05, 4.69) is 10.1 Å². The molecule has 1 saturated heterocycles. The fraction of sp³-hybridized carbons (Fsp3) is 0.565. The third-order valence-electron chi connectivity index (χ3n) is 5.62. The van der Waals surface area contributed by atoms with Crippen molar-refractivity contribution in [1.82, 2.24) is 19.9 Å². The molecule has 0 spiro atoms. The average Bonchev–Trinajstić information content (AvgIpc) is 3.22. The Balaban J connectivity index is 1.55. The van der Waals surface area contributed by atoms with Gasteiger partial charge in [0.2, 0.25) is 17.7 Å². The molecule has 0 aliphatic carbocycles. The molecule has 1 aromatic carbocycles. The van der Waals surface area contributed by atoms with Crippen molar-refractivity contribution >= 4 is 11.8 Å². The first-order valence-corrected chi connectivity index (χ1v) is 10.9. The van der Waals surface area contributed by atoms with Crippen molar-refractivity contribution in [1.29, 1.82) is 0 Å². The van der Waals surface area contributed by atoms with E-state index in [1.165, 1.54) is 5.56 Å². The number of hydrogen-bond acceptors (Lipinski definition) is 5. The molecule has 162 valence electrons. The minimum absolute atomic E-state index is 0.0196. The van der Waals surface area contributed by atoms with Gasteiger partial charge in [-0.3, -0.25) is 9.59 Å². The van der Waals surface area contributed by atoms with Crippen LogP contribution in [0.15, 0.2) is 34.9 Å². The van der Waals surface area contributed by atoms with Crippen LogP contribution in [0.4, 0.5) is 0 Å². The topological polar surface area (TPSA) is 79.5 Å². The molecule has 7 nitrogen and oxygen atoms in total. The van der Waals surface area contributed by atoms with Crippen molar-refractivity contribution in [3.05, 3.63) is 47.6 Å². The summed E-state index contributed by atoms with van der Waals surface area (Å²) in [6.45, 7) is 7.49. The van der Waals surface area contributed by atoms with Crippen molar-refractivity contribution in [2.45, 2.75) is 64.8 Å². The van der Waals surface area contributed by atoms with E-state index in [1.807, 2.05) is 54.0 Å². The lowest BCUT2D eigenvalue weighted by molar-refractivity contribution is -0.138. The number of aromatic nitrogens is 2. The monoisotopic (exact) mass is 412 g/mol. The molecule has 0 saturated carbocycles. The largest absolute Gasteiger partial charge is 0.341 e. The minimum atomic E-state index is 0.0196. The predicted molar refractivity (Wildman–Crippen MR) is 114 cm³/mol. The molecular formula is C23H32N4O3. The molecule has 1 aromatic heterocycles. The molecule has 2 heterocycles. The number of hydrogen-bond donors (Lipinski definition) is 0. The van der Waals surface area contributed by atoms with E-state index in [1.54, 1.807) is 6.92 Å². The van der Waals surface area contributed by atoms with Gasteiger partial charge in [0.15, 0.2) is 5.82 Å². The Morgan fingerprint density at radius 1 is 1.23 bits per heavy atom. The van der Waals surface area contributed by atoms with Crippen molar-refractivity contribution in [2.75, 3.05) is 19.6 Å². The lowest BCUT2D eigenvalue weighted by atomic mass is 10.0. The van der Waals surface area contributed by atoms with E-state index in [0.717, 1.165) is 25.8 Å². The quantitative estimate of drug-likeness (QED) is 0.665. The van der Waals surface area contributed by atoms with E-state index in [-0.39, 0.29) is 23.8 Å². The maximum absolute atomic E-state index is 12.7. The summed E-state index contributed by atoms with van der Waals surface area (Å²) in [5.74, 6) is 1.60. The van der Waals surface area contributed by atoms with Gasteiger partial charge in [0.05, 0.1) is 0 Å². The average molecular weight is 413 g/mol. The molecule has 1 fully saturated rings. The second-order valence-electron chi connectivity index (χ2n) is 8.29. The second kappa shape index (κ2) is 10.4. The SMILES string of the molecule is CC(=O)N(CCc1noc(C(C)C)n1)C1CCCN(C(=O)CCc2ccccc2)C1. The summed E-state index contributed by atoms with van der Waals surface area (Å²) in [7, 11) is 0. The number of benzene rings is 1. The molecule has 1 unspecified atom stereocenters. The van der Waals surface area contributed by atoms with Crippen LogP contribution in [0.3, 0.4) is 0 Å². The maximum atomic E-state index is 12.7. The first kappa shape index (κ1) is 22.0. The van der Waals surface area contributed by atoms with E-state index >= 15 is 0 Å². The molecule has 30 heavy (non-hydrogen) atoms. The highest BCUT2D eigenvalue weighted by atomic mass is 16.5. The van der Waals surface area contributed by atoms with Gasteiger partial charge in [0, 0.05) is 51.4 Å². The number of carbonyl (C=O) groups excluding carboxylic acids is 2. The van der Waals surface area contributed by atoms with Crippen LogP contribution in [0, 0.1) is 0 Å². The van der Waals surface area contributed by atoms with Crippen molar-refractivity contribution in [3.63, 3.8) is 0 Å². The van der Waals surface area contributed by atoms with E-state index in [4.69, 9.17) is 4.52 Å². The Hall–Kier alpha value is -2.70. The molecule has 1 aliphatic rings. The fourth-order valence-electron chi connectivity index (χ4n) is 3.91. The molecule has 7 heteroatoms. The van der Waals surface area contributed by atoms with Gasteiger partial charge < -0.3 is 14.3 Å². The summed E-state index contributed by atoms with van der Waals surface area (Å²) in [5, 5.41) is 4.02. The zero-order valence-electron chi connectivity index (χ0n) is 18.2.